The molecule has 1 heterocycles. The first-order valence-corrected chi connectivity index (χ1v) is 8.32. The van der Waals surface area contributed by atoms with Crippen molar-refractivity contribution in [3.8, 4) is 0 Å². The summed E-state index contributed by atoms with van der Waals surface area (Å²) in [6, 6.07) is 14.8. The molecule has 110 valence electrons. The van der Waals surface area contributed by atoms with Crippen molar-refractivity contribution < 1.29 is 5.11 Å². The number of fused-ring (bicyclic) bond motifs is 3. The maximum atomic E-state index is 10.5. The van der Waals surface area contributed by atoms with Crippen LogP contribution in [-0.2, 0) is 0 Å². The molecule has 2 unspecified atom stereocenters. The Balaban J connectivity index is 1.98. The highest BCUT2D eigenvalue weighted by molar-refractivity contribution is 7.25. The number of rotatable bonds is 5. The molecule has 0 radical (unpaired) electrons. The predicted molar refractivity (Wildman–Crippen MR) is 92.0 cm³/mol. The molecule has 2 atom stereocenters. The summed E-state index contributed by atoms with van der Waals surface area (Å²) in [7, 11) is 0. The fourth-order valence-corrected chi connectivity index (χ4v) is 3.83. The normalized spacial score (nSPS) is 14.6. The molecule has 0 spiro atoms. The van der Waals surface area contributed by atoms with Gasteiger partial charge < -0.3 is 10.4 Å². The summed E-state index contributed by atoms with van der Waals surface area (Å²) in [4.78, 5) is 0. The summed E-state index contributed by atoms with van der Waals surface area (Å²) in [6.45, 7) is 5.94. The van der Waals surface area contributed by atoms with Crippen LogP contribution >= 0.6 is 11.3 Å². The lowest BCUT2D eigenvalue weighted by Crippen LogP contribution is -2.25. The fourth-order valence-electron chi connectivity index (χ4n) is 2.74. The third-order valence-corrected chi connectivity index (χ3v) is 5.15. The second kappa shape index (κ2) is 6.14. The molecule has 0 saturated heterocycles. The van der Waals surface area contributed by atoms with Crippen molar-refractivity contribution in [1.82, 2.24) is 5.32 Å². The standard InChI is InChI=1S/C18H21NOS/c1-3-19-11-12(2)18(20)13-8-9-17-15(10-13)14-6-4-5-7-16(14)21-17/h4-10,12,18-20H,3,11H2,1-2H3. The third kappa shape index (κ3) is 2.82. The van der Waals surface area contributed by atoms with Crippen LogP contribution < -0.4 is 5.32 Å². The second-order valence-electron chi connectivity index (χ2n) is 5.58. The van der Waals surface area contributed by atoms with E-state index in [4.69, 9.17) is 0 Å². The summed E-state index contributed by atoms with van der Waals surface area (Å²) >= 11 is 1.81. The van der Waals surface area contributed by atoms with Gasteiger partial charge in [-0.05, 0) is 36.2 Å². The minimum atomic E-state index is -0.424. The van der Waals surface area contributed by atoms with Gasteiger partial charge in [0.15, 0.2) is 0 Å². The Morgan fingerprint density at radius 2 is 1.86 bits per heavy atom. The van der Waals surface area contributed by atoms with Crippen molar-refractivity contribution in [2.75, 3.05) is 13.1 Å². The number of thiophene rings is 1. The third-order valence-electron chi connectivity index (χ3n) is 4.00. The van der Waals surface area contributed by atoms with Crippen LogP contribution in [0.4, 0.5) is 0 Å². The summed E-state index contributed by atoms with van der Waals surface area (Å²) in [6.07, 6.45) is -0.424. The molecule has 0 amide bonds. The van der Waals surface area contributed by atoms with Gasteiger partial charge in [-0.15, -0.1) is 11.3 Å². The van der Waals surface area contributed by atoms with Crippen molar-refractivity contribution in [3.63, 3.8) is 0 Å². The Morgan fingerprint density at radius 3 is 2.67 bits per heavy atom. The Kier molecular flexibility index (Phi) is 4.24. The Bertz CT molecular complexity index is 749. The molecule has 0 aliphatic heterocycles. The quantitative estimate of drug-likeness (QED) is 0.735. The highest BCUT2D eigenvalue weighted by atomic mass is 32.1. The van der Waals surface area contributed by atoms with E-state index in [1.807, 2.05) is 11.3 Å². The number of hydrogen-bond acceptors (Lipinski definition) is 3. The average molecular weight is 299 g/mol. The number of aliphatic hydroxyl groups excluding tert-OH is 1. The lowest BCUT2D eigenvalue weighted by Gasteiger charge is -2.19. The molecule has 0 aliphatic rings. The highest BCUT2D eigenvalue weighted by Crippen LogP contribution is 2.35. The molecule has 0 fully saturated rings. The zero-order chi connectivity index (χ0) is 14.8. The van der Waals surface area contributed by atoms with Crippen molar-refractivity contribution in [1.29, 1.82) is 0 Å². The van der Waals surface area contributed by atoms with E-state index in [9.17, 15) is 5.11 Å². The summed E-state index contributed by atoms with van der Waals surface area (Å²) in [5.74, 6) is 0.201. The molecule has 0 aliphatic carbocycles. The summed E-state index contributed by atoms with van der Waals surface area (Å²) in [5.41, 5.74) is 1.01. The second-order valence-corrected chi connectivity index (χ2v) is 6.67. The van der Waals surface area contributed by atoms with Crippen molar-refractivity contribution in [3.05, 3.63) is 48.0 Å². The van der Waals surface area contributed by atoms with Crippen LogP contribution in [0.5, 0.6) is 0 Å². The van der Waals surface area contributed by atoms with Gasteiger partial charge >= 0.3 is 0 Å². The lowest BCUT2D eigenvalue weighted by atomic mass is 9.96. The molecule has 0 saturated carbocycles. The van der Waals surface area contributed by atoms with E-state index in [1.54, 1.807) is 0 Å². The van der Waals surface area contributed by atoms with Gasteiger partial charge in [0.2, 0.25) is 0 Å². The van der Waals surface area contributed by atoms with Crippen molar-refractivity contribution in [2.24, 2.45) is 5.92 Å². The molecule has 0 bridgehead atoms. The van der Waals surface area contributed by atoms with Gasteiger partial charge in [-0.25, -0.2) is 0 Å². The van der Waals surface area contributed by atoms with E-state index in [0.717, 1.165) is 18.7 Å². The Hall–Kier alpha value is -1.42. The van der Waals surface area contributed by atoms with Crippen LogP contribution in [0, 0.1) is 5.92 Å². The van der Waals surface area contributed by atoms with Crippen molar-refractivity contribution >= 4 is 31.5 Å². The summed E-state index contributed by atoms with van der Waals surface area (Å²) < 4.78 is 2.59. The van der Waals surface area contributed by atoms with Gasteiger partial charge in [-0.2, -0.15) is 0 Å². The van der Waals surface area contributed by atoms with Crippen LogP contribution in [0.15, 0.2) is 42.5 Å². The molecule has 21 heavy (non-hydrogen) atoms. The first-order chi connectivity index (χ1) is 10.2. The largest absolute Gasteiger partial charge is 0.388 e. The van der Waals surface area contributed by atoms with E-state index >= 15 is 0 Å². The van der Waals surface area contributed by atoms with Gasteiger partial charge in [0.1, 0.15) is 0 Å². The zero-order valence-corrected chi connectivity index (χ0v) is 13.3. The van der Waals surface area contributed by atoms with Crippen LogP contribution in [0.25, 0.3) is 20.2 Å². The van der Waals surface area contributed by atoms with Crippen molar-refractivity contribution in [2.45, 2.75) is 20.0 Å². The summed E-state index contributed by atoms with van der Waals surface area (Å²) in [5, 5.41) is 16.4. The zero-order valence-electron chi connectivity index (χ0n) is 12.5. The first kappa shape index (κ1) is 14.5. The van der Waals surface area contributed by atoms with Crippen LogP contribution in [0.1, 0.15) is 25.5 Å². The van der Waals surface area contributed by atoms with E-state index in [0.29, 0.717) is 0 Å². The smallest absolute Gasteiger partial charge is 0.0827 e. The number of nitrogens with one attached hydrogen (secondary N) is 1. The molecule has 1 aromatic heterocycles. The fraction of sp³-hybridized carbons (Fsp3) is 0.333. The molecule has 3 rings (SSSR count). The van der Waals surface area contributed by atoms with E-state index in [-0.39, 0.29) is 5.92 Å². The minimum absolute atomic E-state index is 0.201. The molecular formula is C18H21NOS. The monoisotopic (exact) mass is 299 g/mol. The van der Waals surface area contributed by atoms with Gasteiger partial charge in [-0.3, -0.25) is 0 Å². The molecule has 3 heteroatoms. The molecule has 2 aromatic carbocycles. The Morgan fingerprint density at radius 1 is 1.10 bits per heavy atom. The molecule has 3 aromatic rings. The van der Waals surface area contributed by atoms with Gasteiger partial charge in [0, 0.05) is 26.7 Å². The predicted octanol–water partition coefficient (Wildman–Crippen LogP) is 4.33. The maximum Gasteiger partial charge on any atom is 0.0827 e. The molecular weight excluding hydrogens is 278 g/mol. The SMILES string of the molecule is CCNCC(C)C(O)c1ccc2sc3ccccc3c2c1. The van der Waals surface area contributed by atoms with Crippen LogP contribution in [0.2, 0.25) is 0 Å². The lowest BCUT2D eigenvalue weighted by molar-refractivity contribution is 0.117. The number of hydrogen-bond donors (Lipinski definition) is 2. The Labute approximate surface area is 129 Å². The van der Waals surface area contributed by atoms with E-state index < -0.39 is 6.10 Å². The average Bonchev–Trinajstić information content (AvgIpc) is 2.89. The van der Waals surface area contributed by atoms with E-state index in [1.165, 1.54) is 20.2 Å². The van der Waals surface area contributed by atoms with Crippen LogP contribution in [-0.4, -0.2) is 18.2 Å². The number of aliphatic hydroxyl groups is 1. The van der Waals surface area contributed by atoms with Gasteiger partial charge in [0.25, 0.3) is 0 Å². The maximum absolute atomic E-state index is 10.5. The topological polar surface area (TPSA) is 32.3 Å². The molecule has 2 N–H and O–H groups in total. The van der Waals surface area contributed by atoms with Gasteiger partial charge in [0.05, 0.1) is 6.10 Å². The highest BCUT2D eigenvalue weighted by Gasteiger charge is 2.17. The molecule has 2 nitrogen and oxygen atoms in total. The first-order valence-electron chi connectivity index (χ1n) is 7.50. The van der Waals surface area contributed by atoms with E-state index in [2.05, 4.69) is 61.6 Å². The number of benzene rings is 2. The minimum Gasteiger partial charge on any atom is -0.388 e. The van der Waals surface area contributed by atoms with Gasteiger partial charge in [-0.1, -0.05) is 38.1 Å². The van der Waals surface area contributed by atoms with Crippen LogP contribution in [0.3, 0.4) is 0 Å².